The smallest absolute Gasteiger partial charge is 0.338 e. The number of halogens is 3. The third-order valence-electron chi connectivity index (χ3n) is 4.47. The lowest BCUT2D eigenvalue weighted by Crippen LogP contribution is -2.13. The highest BCUT2D eigenvalue weighted by molar-refractivity contribution is 7.86. The zero-order valence-corrected chi connectivity index (χ0v) is 17.2. The van der Waals surface area contributed by atoms with E-state index in [4.69, 9.17) is 21.1 Å². The molecule has 2 N–H and O–H groups in total. The van der Waals surface area contributed by atoms with Gasteiger partial charge in [-0.3, -0.25) is 4.72 Å². The number of fused-ring (bicyclic) bond motifs is 6. The Labute approximate surface area is 183 Å². The van der Waals surface area contributed by atoms with E-state index in [1.807, 2.05) is 0 Å². The van der Waals surface area contributed by atoms with E-state index in [-0.39, 0.29) is 45.7 Å². The molecule has 31 heavy (non-hydrogen) atoms. The van der Waals surface area contributed by atoms with Crippen molar-refractivity contribution < 1.29 is 32.4 Å². The summed E-state index contributed by atoms with van der Waals surface area (Å²) in [5.74, 6) is -2.91. The van der Waals surface area contributed by atoms with Crippen molar-refractivity contribution in [3.63, 3.8) is 0 Å². The molecule has 0 amide bonds. The highest BCUT2D eigenvalue weighted by atomic mass is 35.5. The van der Waals surface area contributed by atoms with Crippen molar-refractivity contribution in [1.29, 1.82) is 0 Å². The molecule has 6 nitrogen and oxygen atoms in total. The standard InChI is InChI=1S/C21H14ClF2NO5S/c22-14-7-11-8-19(20(14)26)31(28)25-17-9-13(15(23)10-16(17)24)12-3-1-2-4-18(12)29-5-6-30-21(11)27/h1-4,7-10,25-26H,5-6H2. The molecule has 0 spiro atoms. The molecule has 0 saturated carbocycles. The van der Waals surface area contributed by atoms with Gasteiger partial charge in [0.1, 0.15) is 35.5 Å². The SMILES string of the molecule is O=C1OCCOc2ccccc2-c2cc(c(F)cc2F)NS(=O)c2cc1cc(Cl)c2O. The molecule has 0 aliphatic carbocycles. The summed E-state index contributed by atoms with van der Waals surface area (Å²) in [6.45, 7) is -0.180. The molecule has 0 radical (unpaired) electrons. The Hall–Kier alpha value is -3.17. The van der Waals surface area contributed by atoms with Gasteiger partial charge in [-0.25, -0.2) is 17.8 Å². The molecule has 1 heterocycles. The molecule has 0 aromatic heterocycles. The first-order chi connectivity index (χ1) is 14.8. The zero-order valence-electron chi connectivity index (χ0n) is 15.7. The summed E-state index contributed by atoms with van der Waals surface area (Å²) >= 11 is 5.95. The molecule has 0 fully saturated rings. The second-order valence-corrected chi connectivity index (χ2v) is 8.06. The number of phenols is 1. The van der Waals surface area contributed by atoms with Crippen LogP contribution in [0.5, 0.6) is 11.5 Å². The number of aromatic hydroxyl groups is 1. The monoisotopic (exact) mass is 465 g/mol. The third kappa shape index (κ3) is 4.19. The highest BCUT2D eigenvalue weighted by Gasteiger charge is 2.22. The number of carbonyl (C=O) groups excluding carboxylic acids is 1. The Balaban J connectivity index is 1.87. The van der Waals surface area contributed by atoms with Gasteiger partial charge in [-0.1, -0.05) is 29.8 Å². The van der Waals surface area contributed by atoms with Crippen LogP contribution in [0.4, 0.5) is 14.5 Å². The Morgan fingerprint density at radius 2 is 1.74 bits per heavy atom. The Morgan fingerprint density at radius 1 is 1.00 bits per heavy atom. The van der Waals surface area contributed by atoms with Crippen molar-refractivity contribution in [2.45, 2.75) is 4.90 Å². The van der Waals surface area contributed by atoms with E-state index in [0.717, 1.165) is 18.2 Å². The van der Waals surface area contributed by atoms with Crippen LogP contribution in [0.25, 0.3) is 11.1 Å². The number of rotatable bonds is 0. The molecule has 3 aromatic carbocycles. The van der Waals surface area contributed by atoms with Crippen molar-refractivity contribution in [1.82, 2.24) is 0 Å². The molecule has 4 bridgehead atoms. The Kier molecular flexibility index (Phi) is 5.79. The summed E-state index contributed by atoms with van der Waals surface area (Å²) in [4.78, 5) is 12.1. The van der Waals surface area contributed by atoms with E-state index < -0.39 is 34.3 Å². The maximum atomic E-state index is 14.6. The molecule has 3 aromatic rings. The van der Waals surface area contributed by atoms with Crippen molar-refractivity contribution >= 4 is 34.2 Å². The molecule has 4 rings (SSSR count). The van der Waals surface area contributed by atoms with Crippen LogP contribution in [-0.4, -0.2) is 28.5 Å². The number of carbonyl (C=O) groups is 1. The van der Waals surface area contributed by atoms with Crippen LogP contribution >= 0.6 is 11.6 Å². The van der Waals surface area contributed by atoms with Gasteiger partial charge in [0.25, 0.3) is 0 Å². The van der Waals surface area contributed by atoms with Crippen molar-refractivity contribution in [2.24, 2.45) is 0 Å². The maximum Gasteiger partial charge on any atom is 0.338 e. The van der Waals surface area contributed by atoms with Gasteiger partial charge in [-0.2, -0.15) is 0 Å². The fraction of sp³-hybridized carbons (Fsp3) is 0.0952. The summed E-state index contributed by atoms with van der Waals surface area (Å²) in [7, 11) is -2.24. The minimum Gasteiger partial charge on any atom is -0.505 e. The van der Waals surface area contributed by atoms with E-state index in [9.17, 15) is 22.9 Å². The van der Waals surface area contributed by atoms with Crippen LogP contribution < -0.4 is 9.46 Å². The maximum absolute atomic E-state index is 14.6. The van der Waals surface area contributed by atoms with E-state index in [1.54, 1.807) is 24.3 Å². The number of hydrogen-bond acceptors (Lipinski definition) is 5. The van der Waals surface area contributed by atoms with Gasteiger partial charge in [0.15, 0.2) is 16.7 Å². The number of cyclic esters (lactones) is 1. The first-order valence-electron chi connectivity index (χ1n) is 8.94. The predicted molar refractivity (Wildman–Crippen MR) is 111 cm³/mol. The van der Waals surface area contributed by atoms with Crippen molar-refractivity contribution in [2.75, 3.05) is 17.9 Å². The topological polar surface area (TPSA) is 84.9 Å². The number of anilines is 1. The number of para-hydroxylation sites is 1. The average molecular weight is 466 g/mol. The number of benzene rings is 3. The Bertz CT molecular complexity index is 1220. The van der Waals surface area contributed by atoms with Crippen molar-refractivity contribution in [3.05, 3.63) is 70.8 Å². The third-order valence-corrected chi connectivity index (χ3v) is 5.88. The minimum atomic E-state index is -2.24. The molecule has 0 saturated heterocycles. The van der Waals surface area contributed by atoms with Crippen LogP contribution in [-0.2, 0) is 15.7 Å². The molecule has 160 valence electrons. The second-order valence-electron chi connectivity index (χ2n) is 6.47. The fourth-order valence-electron chi connectivity index (χ4n) is 3.01. The van der Waals surface area contributed by atoms with Gasteiger partial charge >= 0.3 is 5.97 Å². The van der Waals surface area contributed by atoms with E-state index in [0.29, 0.717) is 11.6 Å². The molecule has 1 aliphatic rings. The lowest BCUT2D eigenvalue weighted by atomic mass is 10.0. The summed E-state index contributed by atoms with van der Waals surface area (Å²) in [5.41, 5.74) is -0.0349. The molecular formula is C21H14ClF2NO5S. The van der Waals surface area contributed by atoms with E-state index in [2.05, 4.69) is 4.72 Å². The number of ether oxygens (including phenoxy) is 2. The first kappa shape index (κ1) is 21.1. The average Bonchev–Trinajstić information content (AvgIpc) is 2.74. The first-order valence-corrected chi connectivity index (χ1v) is 10.5. The summed E-state index contributed by atoms with van der Waals surface area (Å²) in [5, 5.41) is 9.95. The molecule has 1 unspecified atom stereocenters. The van der Waals surface area contributed by atoms with Gasteiger partial charge in [-0.05, 0) is 24.3 Å². The van der Waals surface area contributed by atoms with Crippen LogP contribution in [0.1, 0.15) is 10.4 Å². The van der Waals surface area contributed by atoms with Gasteiger partial charge in [0.2, 0.25) is 0 Å². The van der Waals surface area contributed by atoms with E-state index >= 15 is 0 Å². The second kappa shape index (κ2) is 8.52. The predicted octanol–water partition coefficient (Wildman–Crippen LogP) is 4.67. The quantitative estimate of drug-likeness (QED) is 0.471. The van der Waals surface area contributed by atoms with Crippen LogP contribution in [0.15, 0.2) is 53.4 Å². The van der Waals surface area contributed by atoms with Crippen LogP contribution in [0.2, 0.25) is 5.02 Å². The number of esters is 1. The van der Waals surface area contributed by atoms with Crippen molar-refractivity contribution in [3.8, 4) is 22.6 Å². The normalized spacial score (nSPS) is 16.1. The van der Waals surface area contributed by atoms with E-state index in [1.165, 1.54) is 0 Å². The summed E-state index contributed by atoms with van der Waals surface area (Å²) < 4.78 is 55.0. The van der Waals surface area contributed by atoms with Gasteiger partial charge in [0, 0.05) is 17.2 Å². The van der Waals surface area contributed by atoms with Gasteiger partial charge < -0.3 is 14.6 Å². The molecule has 10 heteroatoms. The number of hydrogen-bond donors (Lipinski definition) is 2. The highest BCUT2D eigenvalue weighted by Crippen LogP contribution is 2.36. The van der Waals surface area contributed by atoms with Crippen LogP contribution in [0, 0.1) is 11.6 Å². The lowest BCUT2D eigenvalue weighted by molar-refractivity contribution is 0.0450. The number of nitrogens with one attached hydrogen (secondary N) is 1. The Morgan fingerprint density at radius 3 is 2.55 bits per heavy atom. The number of phenolic OH excluding ortho intramolecular Hbond substituents is 1. The largest absolute Gasteiger partial charge is 0.505 e. The van der Waals surface area contributed by atoms with Gasteiger partial charge in [-0.15, -0.1) is 0 Å². The minimum absolute atomic E-state index is 0.000582. The summed E-state index contributed by atoms with van der Waals surface area (Å²) in [6.07, 6.45) is 0. The molecule has 1 aliphatic heterocycles. The summed E-state index contributed by atoms with van der Waals surface area (Å²) in [6, 6.07) is 10.6. The van der Waals surface area contributed by atoms with Crippen LogP contribution in [0.3, 0.4) is 0 Å². The molecular weight excluding hydrogens is 452 g/mol. The lowest BCUT2D eigenvalue weighted by Gasteiger charge is -2.14. The zero-order chi connectivity index (χ0) is 22.1. The molecule has 1 atom stereocenters. The van der Waals surface area contributed by atoms with Gasteiger partial charge in [0.05, 0.1) is 16.3 Å². The fourth-order valence-corrected chi connectivity index (χ4v) is 4.27.